The molecule has 0 unspecified atom stereocenters. The third-order valence-electron chi connectivity index (χ3n) is 5.47. The Hall–Kier alpha value is -3.38. The van der Waals surface area contributed by atoms with Crippen LogP contribution in [-0.2, 0) is 14.8 Å². The van der Waals surface area contributed by atoms with Gasteiger partial charge in [0.25, 0.3) is 10.0 Å². The summed E-state index contributed by atoms with van der Waals surface area (Å²) in [5.74, 6) is 0.312. The Labute approximate surface area is 181 Å². The molecule has 2 aromatic carbocycles. The van der Waals surface area contributed by atoms with Gasteiger partial charge in [-0.15, -0.1) is 0 Å². The van der Waals surface area contributed by atoms with Crippen LogP contribution < -0.4 is 9.62 Å². The minimum absolute atomic E-state index is 0.0140. The van der Waals surface area contributed by atoms with Crippen molar-refractivity contribution in [1.29, 1.82) is 5.26 Å². The number of sulfonamides is 1. The zero-order valence-corrected chi connectivity index (χ0v) is 17.8. The van der Waals surface area contributed by atoms with E-state index in [0.717, 1.165) is 25.2 Å². The Morgan fingerprint density at radius 1 is 1.06 bits per heavy atom. The highest BCUT2D eigenvalue weighted by molar-refractivity contribution is 7.90. The number of anilines is 1. The molecule has 2 aromatic rings. The van der Waals surface area contributed by atoms with Crippen LogP contribution in [0.25, 0.3) is 0 Å². The SMILES string of the molecule is N#Cc1ccc(N2CCCN(C(=O)CCN=C3NS(=O)(=O)c4ccccc43)CC2)cc1. The summed E-state index contributed by atoms with van der Waals surface area (Å²) in [6.45, 7) is 3.08. The number of carbonyl (C=O) groups is 1. The molecule has 1 saturated heterocycles. The Morgan fingerprint density at radius 3 is 2.61 bits per heavy atom. The molecular formula is C22H23N5O3S. The van der Waals surface area contributed by atoms with Crippen molar-refractivity contribution >= 4 is 27.5 Å². The van der Waals surface area contributed by atoms with Gasteiger partial charge in [0.15, 0.2) is 0 Å². The molecule has 2 heterocycles. The molecule has 31 heavy (non-hydrogen) atoms. The third kappa shape index (κ3) is 4.54. The first kappa shape index (κ1) is 20.9. The van der Waals surface area contributed by atoms with E-state index in [1.807, 2.05) is 17.0 Å². The van der Waals surface area contributed by atoms with Crippen molar-refractivity contribution in [3.8, 4) is 6.07 Å². The highest BCUT2D eigenvalue weighted by Gasteiger charge is 2.30. The van der Waals surface area contributed by atoms with Crippen LogP contribution in [-0.4, -0.2) is 57.8 Å². The lowest BCUT2D eigenvalue weighted by Gasteiger charge is -2.23. The van der Waals surface area contributed by atoms with E-state index in [-0.39, 0.29) is 23.8 Å². The summed E-state index contributed by atoms with van der Waals surface area (Å²) in [5, 5.41) is 8.94. The molecule has 2 aliphatic rings. The zero-order chi connectivity index (χ0) is 21.8. The van der Waals surface area contributed by atoms with Crippen LogP contribution in [0.5, 0.6) is 0 Å². The average Bonchev–Trinajstić information content (AvgIpc) is 2.93. The number of fused-ring (bicyclic) bond motifs is 1. The summed E-state index contributed by atoms with van der Waals surface area (Å²) in [5.41, 5.74) is 2.22. The van der Waals surface area contributed by atoms with Crippen molar-refractivity contribution in [2.75, 3.05) is 37.6 Å². The maximum absolute atomic E-state index is 12.7. The van der Waals surface area contributed by atoms with E-state index in [9.17, 15) is 13.2 Å². The number of carbonyl (C=O) groups excluding carboxylic acids is 1. The Bertz CT molecular complexity index is 1150. The predicted molar refractivity (Wildman–Crippen MR) is 117 cm³/mol. The minimum Gasteiger partial charge on any atom is -0.370 e. The molecule has 0 spiro atoms. The van der Waals surface area contributed by atoms with Gasteiger partial charge in [-0.25, -0.2) is 8.42 Å². The van der Waals surface area contributed by atoms with Crippen LogP contribution in [0.4, 0.5) is 5.69 Å². The lowest BCUT2D eigenvalue weighted by Crippen LogP contribution is -2.35. The molecule has 8 nitrogen and oxygen atoms in total. The Kier molecular flexibility index (Phi) is 5.91. The number of amidine groups is 1. The van der Waals surface area contributed by atoms with Gasteiger partial charge < -0.3 is 9.80 Å². The quantitative estimate of drug-likeness (QED) is 0.784. The fourth-order valence-corrected chi connectivity index (χ4v) is 5.10. The largest absolute Gasteiger partial charge is 0.370 e. The van der Waals surface area contributed by atoms with Gasteiger partial charge in [0.1, 0.15) is 5.84 Å². The predicted octanol–water partition coefficient (Wildman–Crippen LogP) is 1.73. The molecule has 0 radical (unpaired) electrons. The molecule has 0 bridgehead atoms. The van der Waals surface area contributed by atoms with E-state index in [4.69, 9.17) is 5.26 Å². The number of aliphatic imine (C=N–C) groups is 1. The summed E-state index contributed by atoms with van der Waals surface area (Å²) < 4.78 is 26.7. The van der Waals surface area contributed by atoms with Crippen molar-refractivity contribution in [3.05, 3.63) is 59.7 Å². The molecule has 160 valence electrons. The molecule has 0 saturated carbocycles. The van der Waals surface area contributed by atoms with E-state index in [2.05, 4.69) is 20.7 Å². The van der Waals surface area contributed by atoms with Crippen LogP contribution in [0.2, 0.25) is 0 Å². The number of nitrogens with zero attached hydrogens (tertiary/aromatic N) is 4. The van der Waals surface area contributed by atoms with Crippen molar-refractivity contribution in [2.24, 2.45) is 4.99 Å². The standard InChI is InChI=1S/C22H23N5O3S/c23-16-17-6-8-18(9-7-17)26-12-3-13-27(15-14-26)21(28)10-11-24-22-19-4-1-2-5-20(19)31(29,30)25-22/h1-2,4-9H,3,10-15H2,(H,24,25). The zero-order valence-electron chi connectivity index (χ0n) is 17.0. The maximum atomic E-state index is 12.7. The van der Waals surface area contributed by atoms with E-state index in [0.29, 0.717) is 30.1 Å². The van der Waals surface area contributed by atoms with Crippen molar-refractivity contribution in [1.82, 2.24) is 9.62 Å². The lowest BCUT2D eigenvalue weighted by atomic mass is 10.2. The Balaban J connectivity index is 1.33. The fraction of sp³-hybridized carbons (Fsp3) is 0.318. The Morgan fingerprint density at radius 2 is 1.84 bits per heavy atom. The number of rotatable bonds is 4. The number of nitriles is 1. The second kappa shape index (κ2) is 8.78. The van der Waals surface area contributed by atoms with E-state index in [1.54, 1.807) is 36.4 Å². The third-order valence-corrected chi connectivity index (χ3v) is 6.87. The summed E-state index contributed by atoms with van der Waals surface area (Å²) in [4.78, 5) is 21.3. The number of nitrogens with one attached hydrogen (secondary N) is 1. The van der Waals surface area contributed by atoms with E-state index >= 15 is 0 Å². The van der Waals surface area contributed by atoms with Gasteiger partial charge in [0.05, 0.1) is 23.1 Å². The molecule has 1 N–H and O–H groups in total. The summed E-state index contributed by atoms with van der Waals surface area (Å²) in [7, 11) is -3.57. The van der Waals surface area contributed by atoms with Crippen molar-refractivity contribution in [2.45, 2.75) is 17.7 Å². The van der Waals surface area contributed by atoms with Gasteiger partial charge in [0, 0.05) is 43.9 Å². The smallest absolute Gasteiger partial charge is 0.263 e. The molecule has 0 aliphatic carbocycles. The lowest BCUT2D eigenvalue weighted by molar-refractivity contribution is -0.130. The maximum Gasteiger partial charge on any atom is 0.263 e. The van der Waals surface area contributed by atoms with Crippen LogP contribution in [0.3, 0.4) is 0 Å². The van der Waals surface area contributed by atoms with E-state index < -0.39 is 10.0 Å². The van der Waals surface area contributed by atoms with Crippen LogP contribution in [0, 0.1) is 11.3 Å². The summed E-state index contributed by atoms with van der Waals surface area (Å²) in [6.07, 6.45) is 1.08. The molecule has 1 fully saturated rings. The van der Waals surface area contributed by atoms with Gasteiger partial charge in [0.2, 0.25) is 5.91 Å². The van der Waals surface area contributed by atoms with Crippen molar-refractivity contribution < 1.29 is 13.2 Å². The highest BCUT2D eigenvalue weighted by atomic mass is 32.2. The first-order valence-corrected chi connectivity index (χ1v) is 11.7. The second-order valence-electron chi connectivity index (χ2n) is 7.46. The van der Waals surface area contributed by atoms with Crippen LogP contribution in [0.1, 0.15) is 24.0 Å². The van der Waals surface area contributed by atoms with Gasteiger partial charge >= 0.3 is 0 Å². The summed E-state index contributed by atoms with van der Waals surface area (Å²) >= 11 is 0. The monoisotopic (exact) mass is 437 g/mol. The van der Waals surface area contributed by atoms with Gasteiger partial charge in [-0.2, -0.15) is 5.26 Å². The van der Waals surface area contributed by atoms with E-state index in [1.165, 1.54) is 0 Å². The topological polar surface area (TPSA) is 106 Å². The van der Waals surface area contributed by atoms with Gasteiger partial charge in [-0.3, -0.25) is 14.5 Å². The summed E-state index contributed by atoms with van der Waals surface area (Å²) in [6, 6.07) is 16.3. The molecule has 1 amide bonds. The van der Waals surface area contributed by atoms with Crippen LogP contribution >= 0.6 is 0 Å². The van der Waals surface area contributed by atoms with Crippen LogP contribution in [0.15, 0.2) is 58.4 Å². The normalized spacial score (nSPS) is 18.7. The molecule has 2 aliphatic heterocycles. The molecule has 0 atom stereocenters. The number of hydrogen-bond donors (Lipinski definition) is 1. The average molecular weight is 438 g/mol. The molecule has 9 heteroatoms. The van der Waals surface area contributed by atoms with Gasteiger partial charge in [-0.1, -0.05) is 12.1 Å². The van der Waals surface area contributed by atoms with Gasteiger partial charge in [-0.05, 0) is 42.8 Å². The number of amides is 1. The molecule has 0 aromatic heterocycles. The van der Waals surface area contributed by atoms with Crippen molar-refractivity contribution in [3.63, 3.8) is 0 Å². The molecular weight excluding hydrogens is 414 g/mol. The molecule has 4 rings (SSSR count). The number of benzene rings is 2. The fourth-order valence-electron chi connectivity index (χ4n) is 3.84. The first-order chi connectivity index (χ1) is 15.0. The second-order valence-corrected chi connectivity index (χ2v) is 9.11. The first-order valence-electron chi connectivity index (χ1n) is 10.2. The minimum atomic E-state index is -3.57. The number of hydrogen-bond acceptors (Lipinski definition) is 6. The highest BCUT2D eigenvalue weighted by Crippen LogP contribution is 2.22.